The van der Waals surface area contributed by atoms with Crippen LogP contribution in [0.1, 0.15) is 65.2 Å². The van der Waals surface area contributed by atoms with E-state index in [-0.39, 0.29) is 8.87 Å². The summed E-state index contributed by atoms with van der Waals surface area (Å²) in [6, 6.07) is 0. The van der Waals surface area contributed by atoms with E-state index in [2.05, 4.69) is 0 Å². The second kappa shape index (κ2) is 15.9. The van der Waals surface area contributed by atoms with Crippen LogP contribution in [0.2, 0.25) is 8.87 Å². The van der Waals surface area contributed by atoms with Gasteiger partial charge in [-0.05, 0) is 0 Å². The zero-order valence-corrected chi connectivity index (χ0v) is 27.1. The number of unbranched alkanes of at least 4 members (excludes halogenated alkanes) is 6. The van der Waals surface area contributed by atoms with Crippen LogP contribution in [0.5, 0.6) is 0 Å². The molecule has 14 heteroatoms. The monoisotopic (exact) mass is 752 g/mol. The van der Waals surface area contributed by atoms with Gasteiger partial charge in [-0.1, -0.05) is 0 Å². The van der Waals surface area contributed by atoms with Crippen molar-refractivity contribution >= 4 is 75.1 Å². The Morgan fingerprint density at radius 2 is 0.921 bits per heavy atom. The fourth-order valence-electron chi connectivity index (χ4n) is 3.50. The fraction of sp³-hybridized carbons (Fsp3) is 0.500. The van der Waals surface area contributed by atoms with Gasteiger partial charge >= 0.3 is 233 Å². The molecule has 0 aromatic heterocycles. The van der Waals surface area contributed by atoms with Gasteiger partial charge in [-0.2, -0.15) is 0 Å². The molecule has 0 saturated carbocycles. The molecule has 0 unspecified atom stereocenters. The van der Waals surface area contributed by atoms with Crippen molar-refractivity contribution in [1.82, 2.24) is 0 Å². The molecule has 208 valence electrons. The summed E-state index contributed by atoms with van der Waals surface area (Å²) >= 11 is -10.0. The quantitative estimate of drug-likeness (QED) is 0.146. The van der Waals surface area contributed by atoms with Crippen molar-refractivity contribution in [3.05, 3.63) is 36.5 Å². The number of carbonyl (C=O) groups excluding carboxylic acids is 6. The Bertz CT molecular complexity index is 882. The van der Waals surface area contributed by atoms with E-state index in [1.807, 2.05) is 13.8 Å². The molecule has 2 aliphatic heterocycles. The van der Waals surface area contributed by atoms with Gasteiger partial charge in [0.05, 0.1) is 0 Å². The molecule has 0 aromatic rings. The van der Waals surface area contributed by atoms with Crippen LogP contribution < -0.4 is 0 Å². The third kappa shape index (κ3) is 11.2. The summed E-state index contributed by atoms with van der Waals surface area (Å²) in [6.45, 7) is 4.01. The van der Waals surface area contributed by atoms with E-state index in [9.17, 15) is 28.8 Å². The van der Waals surface area contributed by atoms with Crippen molar-refractivity contribution in [3.63, 3.8) is 0 Å². The van der Waals surface area contributed by atoms with Crippen molar-refractivity contribution in [2.24, 2.45) is 0 Å². The van der Waals surface area contributed by atoms with E-state index < -0.39 is 75.1 Å². The summed E-state index contributed by atoms with van der Waals surface area (Å²) in [5, 5.41) is 0. The first-order valence-corrected chi connectivity index (χ1v) is 23.6. The van der Waals surface area contributed by atoms with Gasteiger partial charge in [-0.15, -0.1) is 0 Å². The third-order valence-corrected chi connectivity index (χ3v) is 19.6. The van der Waals surface area contributed by atoms with E-state index in [4.69, 9.17) is 18.4 Å². The predicted molar refractivity (Wildman–Crippen MR) is 133 cm³/mol. The van der Waals surface area contributed by atoms with Crippen LogP contribution in [0.25, 0.3) is 0 Å². The summed E-state index contributed by atoms with van der Waals surface area (Å²) in [5.74, 6) is -5.60. The zero-order chi connectivity index (χ0) is 28.0. The first-order valence-electron chi connectivity index (χ1n) is 12.5. The maximum atomic E-state index is 12.6. The van der Waals surface area contributed by atoms with Crippen LogP contribution in [-0.4, -0.2) is 75.1 Å². The van der Waals surface area contributed by atoms with Crippen LogP contribution in [-0.2, 0) is 47.2 Å². The molecule has 0 fully saturated rings. The molecule has 0 N–H and O–H groups in total. The minimum absolute atomic E-state index is 0.0914. The standard InChI is InChI=1S/2C6H13.3C4H4O4.2Sn/c2*1-3-5-6-4-2;3*5-3(6)1-2-4(7)8;;/h2*1,3-6H2,2H3;3*1-2H,(H,5,6)(H,7,8);;/q;;;;;2*+3/p-6/b;;2-1-;;;;. The molecule has 0 bridgehead atoms. The van der Waals surface area contributed by atoms with E-state index in [0.717, 1.165) is 75.0 Å². The molecule has 0 atom stereocenters. The van der Waals surface area contributed by atoms with Crippen LogP contribution in [0.3, 0.4) is 0 Å². The van der Waals surface area contributed by atoms with Crippen molar-refractivity contribution in [2.45, 2.75) is 74.1 Å². The summed E-state index contributed by atoms with van der Waals surface area (Å²) in [7, 11) is 0. The number of hydrogen-bond donors (Lipinski definition) is 0. The SMILES string of the molecule is CCCCC[CH2][Sn]1([O]C(=O)/C=C\C(=O)[O][Sn]2([CH2]CCCCC)[O]C(=O)C=CC(=O)[O]2)[O]C(=O)C=CC(=O)[O]1. The second-order valence-electron chi connectivity index (χ2n) is 8.51. The number of rotatable bonds is 14. The Hall–Kier alpha value is -2.36. The Morgan fingerprint density at radius 1 is 0.605 bits per heavy atom. The molecule has 0 amide bonds. The molecule has 2 rings (SSSR count). The minimum atomic E-state index is -5.02. The van der Waals surface area contributed by atoms with Crippen LogP contribution in [0.15, 0.2) is 36.5 Å². The van der Waals surface area contributed by atoms with Gasteiger partial charge in [0.15, 0.2) is 0 Å². The summed E-state index contributed by atoms with van der Waals surface area (Å²) < 4.78 is 32.2. The first kappa shape index (κ1) is 31.9. The van der Waals surface area contributed by atoms with Crippen LogP contribution in [0, 0.1) is 0 Å². The van der Waals surface area contributed by atoms with Gasteiger partial charge in [0.1, 0.15) is 0 Å². The molecule has 2 aliphatic rings. The molecule has 0 aliphatic carbocycles. The fourth-order valence-corrected chi connectivity index (χ4v) is 16.3. The van der Waals surface area contributed by atoms with Gasteiger partial charge in [0.2, 0.25) is 0 Å². The predicted octanol–water partition coefficient (Wildman–Crippen LogP) is 2.98. The molecule has 12 nitrogen and oxygen atoms in total. The van der Waals surface area contributed by atoms with Crippen molar-refractivity contribution in [2.75, 3.05) is 0 Å². The molecule has 0 spiro atoms. The van der Waals surface area contributed by atoms with Gasteiger partial charge in [-0.25, -0.2) is 0 Å². The number of hydrogen-bond acceptors (Lipinski definition) is 12. The maximum absolute atomic E-state index is 12.6. The van der Waals surface area contributed by atoms with Gasteiger partial charge in [0, 0.05) is 0 Å². The van der Waals surface area contributed by atoms with Gasteiger partial charge in [-0.3, -0.25) is 0 Å². The molecular formula is C24H32O12Sn2. The topological polar surface area (TPSA) is 158 Å². The normalized spacial score (nSPS) is 18.1. The van der Waals surface area contributed by atoms with E-state index >= 15 is 0 Å². The molecule has 0 aromatic carbocycles. The van der Waals surface area contributed by atoms with Gasteiger partial charge in [0.25, 0.3) is 0 Å². The average molecular weight is 750 g/mol. The van der Waals surface area contributed by atoms with E-state index in [1.54, 1.807) is 0 Å². The Labute approximate surface area is 231 Å². The second-order valence-corrected chi connectivity index (χ2v) is 22.7. The van der Waals surface area contributed by atoms with Crippen molar-refractivity contribution < 1.29 is 47.2 Å². The Balaban J connectivity index is 2.11. The summed E-state index contributed by atoms with van der Waals surface area (Å²) in [4.78, 5) is 73.1. The molecule has 0 radical (unpaired) electrons. The van der Waals surface area contributed by atoms with E-state index in [0.29, 0.717) is 12.8 Å². The average Bonchev–Trinajstić information content (AvgIpc) is 3.08. The number of carbonyl (C=O) groups is 6. The zero-order valence-electron chi connectivity index (χ0n) is 21.4. The molecule has 2 heterocycles. The molecule has 38 heavy (non-hydrogen) atoms. The Morgan fingerprint density at radius 3 is 1.21 bits per heavy atom. The van der Waals surface area contributed by atoms with Crippen molar-refractivity contribution in [1.29, 1.82) is 0 Å². The third-order valence-electron chi connectivity index (χ3n) is 5.28. The van der Waals surface area contributed by atoms with Crippen molar-refractivity contribution in [3.8, 4) is 0 Å². The molecule has 0 saturated heterocycles. The van der Waals surface area contributed by atoms with Crippen LogP contribution >= 0.6 is 0 Å². The molecular weight excluding hydrogens is 718 g/mol. The first-order chi connectivity index (χ1) is 18.1. The summed E-state index contributed by atoms with van der Waals surface area (Å²) in [5.41, 5.74) is 0. The van der Waals surface area contributed by atoms with Gasteiger partial charge < -0.3 is 0 Å². The summed E-state index contributed by atoms with van der Waals surface area (Å²) in [6.07, 6.45) is 11.2. The van der Waals surface area contributed by atoms with Crippen LogP contribution in [0.4, 0.5) is 0 Å². The Kier molecular flexibility index (Phi) is 13.3. The van der Waals surface area contributed by atoms with E-state index in [1.165, 1.54) is 0 Å².